The molecule has 0 saturated carbocycles. The summed E-state index contributed by atoms with van der Waals surface area (Å²) in [5.74, 6) is 6.70. The fourth-order valence-corrected chi connectivity index (χ4v) is 4.60. The number of hydrogen-bond donors (Lipinski definition) is 2. The highest BCUT2D eigenvalue weighted by molar-refractivity contribution is 5.49. The highest BCUT2D eigenvalue weighted by atomic mass is 16.3. The third-order valence-corrected chi connectivity index (χ3v) is 7.24. The van der Waals surface area contributed by atoms with Gasteiger partial charge in [0, 0.05) is 16.4 Å². The number of rotatable bonds is 9. The van der Waals surface area contributed by atoms with Crippen LogP contribution in [0.3, 0.4) is 0 Å². The van der Waals surface area contributed by atoms with Crippen molar-refractivity contribution in [3.63, 3.8) is 0 Å². The lowest BCUT2D eigenvalue weighted by Crippen LogP contribution is -2.28. The van der Waals surface area contributed by atoms with Gasteiger partial charge in [-0.05, 0) is 67.5 Å². The molecule has 0 bridgehead atoms. The predicted octanol–water partition coefficient (Wildman–Crippen LogP) is 7.43. The van der Waals surface area contributed by atoms with Crippen molar-refractivity contribution in [2.75, 3.05) is 0 Å². The summed E-state index contributed by atoms with van der Waals surface area (Å²) in [4.78, 5) is 0. The zero-order valence-electron chi connectivity index (χ0n) is 21.2. The van der Waals surface area contributed by atoms with Crippen LogP contribution in [0, 0.1) is 31.1 Å². The Morgan fingerprint density at radius 3 is 2.00 bits per heavy atom. The van der Waals surface area contributed by atoms with Gasteiger partial charge >= 0.3 is 0 Å². The molecular weight excluding hydrogens is 392 g/mol. The maximum atomic E-state index is 10.7. The summed E-state index contributed by atoms with van der Waals surface area (Å²) in [7, 11) is 0. The molecule has 0 heterocycles. The van der Waals surface area contributed by atoms with E-state index in [-0.39, 0.29) is 10.8 Å². The average Bonchev–Trinajstić information content (AvgIpc) is 2.76. The second kappa shape index (κ2) is 11.1. The van der Waals surface area contributed by atoms with E-state index >= 15 is 0 Å². The summed E-state index contributed by atoms with van der Waals surface area (Å²) in [5.41, 5.74) is 5.22. The van der Waals surface area contributed by atoms with Gasteiger partial charge < -0.3 is 10.2 Å². The Morgan fingerprint density at radius 1 is 0.875 bits per heavy atom. The second-order valence-electron chi connectivity index (χ2n) is 9.94. The molecule has 2 rings (SSSR count). The van der Waals surface area contributed by atoms with E-state index in [1.165, 1.54) is 24.0 Å². The standard InChI is InChI=1S/C30H42O2/c1-8-11-12-19-29(6,7)28(32)18-14-24-13-15-25(20-22(24)4)30(9-2,10-3)26-16-17-27(31)23(5)21-26/h13,15-17,20-21,28,31-32H,8-12,19H2,1-7H3. The average molecular weight is 435 g/mol. The van der Waals surface area contributed by atoms with Gasteiger partial charge in [0.2, 0.25) is 0 Å². The van der Waals surface area contributed by atoms with Crippen LogP contribution in [-0.4, -0.2) is 16.3 Å². The lowest BCUT2D eigenvalue weighted by atomic mass is 9.70. The van der Waals surface area contributed by atoms with Crippen LogP contribution in [0.15, 0.2) is 36.4 Å². The topological polar surface area (TPSA) is 40.5 Å². The minimum Gasteiger partial charge on any atom is -0.508 e. The van der Waals surface area contributed by atoms with Crippen LogP contribution in [0.1, 0.15) is 101 Å². The highest BCUT2D eigenvalue weighted by Gasteiger charge is 2.31. The zero-order chi connectivity index (χ0) is 23.9. The highest BCUT2D eigenvalue weighted by Crippen LogP contribution is 2.40. The number of hydrogen-bond acceptors (Lipinski definition) is 2. The number of unbranched alkanes of at least 4 members (excludes halogenated alkanes) is 2. The first-order valence-electron chi connectivity index (χ1n) is 12.2. The van der Waals surface area contributed by atoms with E-state index in [0.29, 0.717) is 5.75 Å². The third-order valence-electron chi connectivity index (χ3n) is 7.24. The number of benzene rings is 2. The van der Waals surface area contributed by atoms with Gasteiger partial charge in [0.05, 0.1) is 0 Å². The molecular formula is C30H42O2. The second-order valence-corrected chi connectivity index (χ2v) is 9.94. The molecule has 0 aliphatic rings. The SMILES string of the molecule is CCCCCC(C)(C)C(O)C#Cc1ccc(C(CC)(CC)c2ccc(O)c(C)c2)cc1C. The van der Waals surface area contributed by atoms with Gasteiger partial charge in [-0.2, -0.15) is 0 Å². The Labute approximate surface area is 196 Å². The van der Waals surface area contributed by atoms with E-state index in [0.717, 1.165) is 42.4 Å². The molecule has 32 heavy (non-hydrogen) atoms. The Morgan fingerprint density at radius 2 is 1.47 bits per heavy atom. The number of aromatic hydroxyl groups is 1. The monoisotopic (exact) mass is 434 g/mol. The summed E-state index contributed by atoms with van der Waals surface area (Å²) < 4.78 is 0. The molecule has 0 aliphatic carbocycles. The summed E-state index contributed by atoms with van der Waals surface area (Å²) in [6.07, 6.45) is 5.81. The summed E-state index contributed by atoms with van der Waals surface area (Å²) >= 11 is 0. The number of aliphatic hydroxyl groups excluding tert-OH is 1. The molecule has 2 aromatic rings. The van der Waals surface area contributed by atoms with Gasteiger partial charge in [0.25, 0.3) is 0 Å². The number of aryl methyl sites for hydroxylation is 2. The largest absolute Gasteiger partial charge is 0.508 e. The van der Waals surface area contributed by atoms with Crippen molar-refractivity contribution >= 4 is 0 Å². The molecule has 1 unspecified atom stereocenters. The Hall–Kier alpha value is -2.24. The van der Waals surface area contributed by atoms with Crippen molar-refractivity contribution < 1.29 is 10.2 Å². The quantitative estimate of drug-likeness (QED) is 0.318. The van der Waals surface area contributed by atoms with Crippen molar-refractivity contribution in [3.8, 4) is 17.6 Å². The number of phenols is 1. The minimum absolute atomic E-state index is 0.101. The molecule has 0 aromatic heterocycles. The van der Waals surface area contributed by atoms with Crippen molar-refractivity contribution in [1.82, 2.24) is 0 Å². The van der Waals surface area contributed by atoms with Crippen LogP contribution >= 0.6 is 0 Å². The van der Waals surface area contributed by atoms with Gasteiger partial charge in [0.15, 0.2) is 0 Å². The first-order chi connectivity index (χ1) is 15.1. The lowest BCUT2D eigenvalue weighted by molar-refractivity contribution is 0.0890. The number of aliphatic hydroxyl groups is 1. The summed E-state index contributed by atoms with van der Waals surface area (Å²) in [6.45, 7) is 14.9. The molecule has 174 valence electrons. The lowest BCUT2D eigenvalue weighted by Gasteiger charge is -2.34. The van der Waals surface area contributed by atoms with Crippen molar-refractivity contribution in [2.45, 2.75) is 98.5 Å². The maximum Gasteiger partial charge on any atom is 0.120 e. The fraction of sp³-hybridized carbons (Fsp3) is 0.533. The van der Waals surface area contributed by atoms with Gasteiger partial charge in [-0.25, -0.2) is 0 Å². The van der Waals surface area contributed by atoms with E-state index in [1.807, 2.05) is 6.92 Å². The predicted molar refractivity (Wildman–Crippen MR) is 136 cm³/mol. The summed E-state index contributed by atoms with van der Waals surface area (Å²) in [6, 6.07) is 12.5. The van der Waals surface area contributed by atoms with Crippen LogP contribution in [0.5, 0.6) is 5.75 Å². The molecule has 0 aliphatic heterocycles. The smallest absolute Gasteiger partial charge is 0.120 e. The zero-order valence-corrected chi connectivity index (χ0v) is 21.2. The third kappa shape index (κ3) is 5.76. The molecule has 2 heteroatoms. The molecule has 0 fully saturated rings. The van der Waals surface area contributed by atoms with E-state index in [9.17, 15) is 10.2 Å². The fourth-order valence-electron chi connectivity index (χ4n) is 4.60. The van der Waals surface area contributed by atoms with E-state index in [4.69, 9.17) is 0 Å². The van der Waals surface area contributed by atoms with Crippen molar-refractivity contribution in [2.24, 2.45) is 5.41 Å². The molecule has 2 N–H and O–H groups in total. The number of phenolic OH excluding ortho intramolecular Hbond substituents is 1. The van der Waals surface area contributed by atoms with Gasteiger partial charge in [0.1, 0.15) is 11.9 Å². The molecule has 2 nitrogen and oxygen atoms in total. The van der Waals surface area contributed by atoms with E-state index < -0.39 is 6.10 Å². The Balaban J connectivity index is 2.34. The first kappa shape index (κ1) is 26.0. The van der Waals surface area contributed by atoms with E-state index in [1.54, 1.807) is 6.07 Å². The van der Waals surface area contributed by atoms with Gasteiger partial charge in [-0.3, -0.25) is 0 Å². The molecule has 0 saturated heterocycles. The molecule has 0 radical (unpaired) electrons. The maximum absolute atomic E-state index is 10.7. The van der Waals surface area contributed by atoms with Gasteiger partial charge in [-0.1, -0.05) is 90.0 Å². The normalized spacial score (nSPS) is 12.9. The van der Waals surface area contributed by atoms with Crippen LogP contribution in [0.25, 0.3) is 0 Å². The minimum atomic E-state index is -0.635. The van der Waals surface area contributed by atoms with Crippen molar-refractivity contribution in [3.05, 3.63) is 64.2 Å². The molecule has 1 atom stereocenters. The van der Waals surface area contributed by atoms with Crippen LogP contribution in [-0.2, 0) is 5.41 Å². The molecule has 2 aromatic carbocycles. The first-order valence-corrected chi connectivity index (χ1v) is 12.2. The molecule has 0 spiro atoms. The summed E-state index contributed by atoms with van der Waals surface area (Å²) in [5, 5.41) is 20.7. The van der Waals surface area contributed by atoms with Gasteiger partial charge in [-0.15, -0.1) is 0 Å². The Bertz CT molecular complexity index is 955. The van der Waals surface area contributed by atoms with E-state index in [2.05, 4.69) is 83.7 Å². The van der Waals surface area contributed by atoms with Crippen molar-refractivity contribution in [1.29, 1.82) is 0 Å². The Kier molecular flexibility index (Phi) is 8.99. The van der Waals surface area contributed by atoms with Crippen LogP contribution in [0.2, 0.25) is 0 Å². The van der Waals surface area contributed by atoms with Crippen LogP contribution in [0.4, 0.5) is 0 Å². The van der Waals surface area contributed by atoms with Crippen LogP contribution < -0.4 is 0 Å². The molecule has 0 amide bonds.